The number of aromatic nitrogens is 1. The Morgan fingerprint density at radius 3 is 3.00 bits per heavy atom. The van der Waals surface area contributed by atoms with Crippen molar-refractivity contribution in [1.29, 1.82) is 0 Å². The van der Waals surface area contributed by atoms with Crippen LogP contribution in [-0.4, -0.2) is 12.6 Å². The van der Waals surface area contributed by atoms with E-state index in [9.17, 15) is 4.79 Å². The summed E-state index contributed by atoms with van der Waals surface area (Å²) in [6.07, 6.45) is 0. The zero-order valence-electron chi connectivity index (χ0n) is 9.16. The number of nitrogens with one attached hydrogen (secondary N) is 1. The number of hydrogen-bond donors (Lipinski definition) is 1. The molecule has 0 radical (unpaired) electrons. The highest BCUT2D eigenvalue weighted by molar-refractivity contribution is 7.20. The van der Waals surface area contributed by atoms with Crippen molar-refractivity contribution in [3.8, 4) is 0 Å². The minimum absolute atomic E-state index is 0.354. The van der Waals surface area contributed by atoms with Crippen molar-refractivity contribution in [1.82, 2.24) is 0 Å². The van der Waals surface area contributed by atoms with E-state index in [1.807, 2.05) is 19.1 Å². The smallest absolute Gasteiger partial charge is 0.350 e. The number of H-pyrrole nitrogens is 1. The van der Waals surface area contributed by atoms with Crippen LogP contribution in [0.5, 0.6) is 0 Å². The van der Waals surface area contributed by atoms with Gasteiger partial charge in [-0.3, -0.25) is 0 Å². The van der Waals surface area contributed by atoms with Crippen LogP contribution in [0.25, 0.3) is 10.2 Å². The lowest BCUT2D eigenvalue weighted by molar-refractivity contribution is -0.351. The number of anilines is 1. The van der Waals surface area contributed by atoms with Crippen LogP contribution in [0, 0.1) is 6.92 Å². The van der Waals surface area contributed by atoms with Crippen LogP contribution in [0.2, 0.25) is 0 Å². The van der Waals surface area contributed by atoms with Gasteiger partial charge in [-0.25, -0.2) is 4.79 Å². The lowest BCUT2D eigenvalue weighted by Crippen LogP contribution is -2.05. The Labute approximate surface area is 97.0 Å². The minimum atomic E-state index is -0.354. The molecule has 0 saturated heterocycles. The van der Waals surface area contributed by atoms with E-state index in [2.05, 4.69) is 4.98 Å². The third-order valence-corrected chi connectivity index (χ3v) is 3.37. The number of esters is 1. The van der Waals surface area contributed by atoms with Crippen LogP contribution in [0.4, 0.5) is 5.69 Å². The lowest BCUT2D eigenvalue weighted by Gasteiger charge is -1.98. The highest BCUT2D eigenvalue weighted by Crippen LogP contribution is 2.31. The van der Waals surface area contributed by atoms with Gasteiger partial charge in [-0.2, -0.15) is 4.98 Å². The predicted octanol–water partition coefficient (Wildman–Crippen LogP) is 1.78. The third kappa shape index (κ3) is 1.74. The molecule has 5 heteroatoms. The fourth-order valence-electron chi connectivity index (χ4n) is 1.49. The first kappa shape index (κ1) is 10.9. The Hall–Kier alpha value is -1.62. The number of nitrogen functional groups attached to an aromatic ring is 1. The maximum absolute atomic E-state index is 11.6. The molecule has 2 aromatic heterocycles. The molecule has 0 bridgehead atoms. The van der Waals surface area contributed by atoms with E-state index in [1.54, 1.807) is 6.92 Å². The molecule has 84 valence electrons. The molecule has 0 aliphatic carbocycles. The normalized spacial score (nSPS) is 10.6. The Balaban J connectivity index is 2.55. The number of fused-ring (bicyclic) bond motifs is 1. The zero-order valence-corrected chi connectivity index (χ0v) is 9.98. The number of carbonyl (C=O) groups excluding carboxylic acids is 1. The molecule has 0 atom stereocenters. The first-order chi connectivity index (χ1) is 7.63. The second-order valence-corrected chi connectivity index (χ2v) is 4.47. The molecule has 2 aromatic rings. The summed E-state index contributed by atoms with van der Waals surface area (Å²) in [5.41, 5.74) is 7.44. The molecule has 0 fully saturated rings. The number of ether oxygens (including phenoxy) is 1. The van der Waals surface area contributed by atoms with Crippen LogP contribution in [-0.2, 0) is 4.74 Å². The maximum Gasteiger partial charge on any atom is 0.350 e. The van der Waals surface area contributed by atoms with Crippen LogP contribution < -0.4 is 10.7 Å². The molecule has 0 unspecified atom stereocenters. The van der Waals surface area contributed by atoms with Crippen LogP contribution in [0.15, 0.2) is 12.1 Å². The van der Waals surface area contributed by atoms with E-state index in [-0.39, 0.29) is 5.97 Å². The summed E-state index contributed by atoms with van der Waals surface area (Å²) in [7, 11) is 0. The van der Waals surface area contributed by atoms with Crippen LogP contribution in [0.1, 0.15) is 22.3 Å². The van der Waals surface area contributed by atoms with E-state index >= 15 is 0 Å². The fraction of sp³-hybridized carbons (Fsp3) is 0.273. The van der Waals surface area contributed by atoms with Crippen molar-refractivity contribution in [2.75, 3.05) is 12.3 Å². The van der Waals surface area contributed by atoms with E-state index in [1.165, 1.54) is 11.3 Å². The van der Waals surface area contributed by atoms with Crippen molar-refractivity contribution < 1.29 is 14.5 Å². The summed E-state index contributed by atoms with van der Waals surface area (Å²) in [6.45, 7) is 4.09. The van der Waals surface area contributed by atoms with Gasteiger partial charge in [0.1, 0.15) is 4.88 Å². The van der Waals surface area contributed by atoms with Crippen molar-refractivity contribution in [3.05, 3.63) is 22.7 Å². The standard InChI is InChI=1S/C11H12N2O2S/c1-3-15-11(14)9-8(12)7-5-4-6(2)13-10(7)16-9/h4-5H,3,12H2,1-2H3/p+1. The summed E-state index contributed by atoms with van der Waals surface area (Å²) in [5.74, 6) is -0.354. The molecule has 0 aliphatic rings. The van der Waals surface area contributed by atoms with Gasteiger partial charge in [0, 0.05) is 13.0 Å². The highest BCUT2D eigenvalue weighted by Gasteiger charge is 2.20. The van der Waals surface area contributed by atoms with Gasteiger partial charge in [-0.1, -0.05) is 11.3 Å². The molecular weight excluding hydrogens is 224 g/mol. The molecule has 16 heavy (non-hydrogen) atoms. The van der Waals surface area contributed by atoms with Gasteiger partial charge in [0.15, 0.2) is 5.69 Å². The molecule has 0 amide bonds. The predicted molar refractivity (Wildman–Crippen MR) is 63.5 cm³/mol. The largest absolute Gasteiger partial charge is 0.462 e. The summed E-state index contributed by atoms with van der Waals surface area (Å²) in [5, 5.41) is 0.874. The Kier molecular flexibility index (Phi) is 2.78. The van der Waals surface area contributed by atoms with E-state index in [0.717, 1.165) is 15.9 Å². The Morgan fingerprint density at radius 1 is 1.56 bits per heavy atom. The molecule has 0 aliphatic heterocycles. The van der Waals surface area contributed by atoms with Crippen molar-refractivity contribution >= 4 is 33.2 Å². The van der Waals surface area contributed by atoms with Crippen molar-refractivity contribution in [2.24, 2.45) is 0 Å². The average molecular weight is 237 g/mol. The maximum atomic E-state index is 11.6. The van der Waals surface area contributed by atoms with E-state index in [0.29, 0.717) is 17.2 Å². The first-order valence-electron chi connectivity index (χ1n) is 5.01. The minimum Gasteiger partial charge on any atom is -0.462 e. The number of pyridine rings is 1. The first-order valence-corrected chi connectivity index (χ1v) is 5.83. The monoisotopic (exact) mass is 237 g/mol. The number of aromatic amines is 1. The molecule has 2 heterocycles. The van der Waals surface area contributed by atoms with Crippen molar-refractivity contribution in [3.63, 3.8) is 0 Å². The number of rotatable bonds is 2. The van der Waals surface area contributed by atoms with Crippen LogP contribution >= 0.6 is 11.3 Å². The average Bonchev–Trinajstić information content (AvgIpc) is 2.56. The number of aryl methyl sites for hydroxylation is 1. The summed E-state index contributed by atoms with van der Waals surface area (Å²) < 4.78 is 4.95. The van der Waals surface area contributed by atoms with Gasteiger partial charge in [0.25, 0.3) is 4.83 Å². The van der Waals surface area contributed by atoms with Crippen molar-refractivity contribution in [2.45, 2.75) is 13.8 Å². The van der Waals surface area contributed by atoms with Gasteiger partial charge in [0.2, 0.25) is 0 Å². The molecule has 0 saturated carbocycles. The molecule has 4 nitrogen and oxygen atoms in total. The van der Waals surface area contributed by atoms with Gasteiger partial charge in [0.05, 0.1) is 17.7 Å². The zero-order chi connectivity index (χ0) is 11.7. The van der Waals surface area contributed by atoms with Crippen LogP contribution in [0.3, 0.4) is 0 Å². The van der Waals surface area contributed by atoms with Gasteiger partial charge in [-0.15, -0.1) is 0 Å². The fourth-order valence-corrected chi connectivity index (χ4v) is 2.56. The summed E-state index contributed by atoms with van der Waals surface area (Å²) >= 11 is 1.33. The summed E-state index contributed by atoms with van der Waals surface area (Å²) in [6, 6.07) is 3.84. The quantitative estimate of drug-likeness (QED) is 0.810. The molecule has 0 spiro atoms. The van der Waals surface area contributed by atoms with E-state index in [4.69, 9.17) is 10.5 Å². The molecular formula is C11H13N2O2S+. The summed E-state index contributed by atoms with van der Waals surface area (Å²) in [4.78, 5) is 16.2. The molecule has 2 rings (SSSR count). The number of nitrogens with two attached hydrogens (primary N) is 1. The number of carbonyl (C=O) groups is 1. The number of hydrogen-bond acceptors (Lipinski definition) is 4. The topological polar surface area (TPSA) is 66.5 Å². The molecule has 3 N–H and O–H groups in total. The number of thiophene rings is 1. The van der Waals surface area contributed by atoms with Gasteiger partial charge < -0.3 is 10.5 Å². The molecule has 0 aromatic carbocycles. The SMILES string of the molecule is CCOC(=O)c1sc2[nH+]c(C)ccc2c1N. The highest BCUT2D eigenvalue weighted by atomic mass is 32.1. The lowest BCUT2D eigenvalue weighted by atomic mass is 10.2. The van der Waals surface area contributed by atoms with Gasteiger partial charge in [-0.05, 0) is 13.0 Å². The Morgan fingerprint density at radius 2 is 2.31 bits per heavy atom. The van der Waals surface area contributed by atoms with E-state index < -0.39 is 0 Å². The Bertz CT molecular complexity index is 548. The van der Waals surface area contributed by atoms with Gasteiger partial charge >= 0.3 is 5.97 Å². The second kappa shape index (κ2) is 4.09. The third-order valence-electron chi connectivity index (χ3n) is 2.26. The second-order valence-electron chi connectivity index (χ2n) is 3.45.